The molecule has 0 spiro atoms. The van der Waals surface area contributed by atoms with Crippen LogP contribution in [-0.4, -0.2) is 0 Å². The molecule has 0 aliphatic heterocycles. The molecule has 0 aliphatic rings. The number of benzene rings is 3. The largest absolute Gasteiger partial charge is 0.220 e. The van der Waals surface area contributed by atoms with E-state index >= 15 is 0 Å². The Kier molecular flexibility index (Phi) is 5.72. The highest BCUT2D eigenvalue weighted by molar-refractivity contribution is 5.95. The van der Waals surface area contributed by atoms with Crippen LogP contribution >= 0.6 is 0 Å². The lowest BCUT2D eigenvalue weighted by molar-refractivity contribution is -0.659. The Morgan fingerprint density at radius 2 is 1.53 bits per heavy atom. The second-order valence-electron chi connectivity index (χ2n) is 8.47. The van der Waals surface area contributed by atoms with Gasteiger partial charge in [-0.15, -0.1) is 0 Å². The molecule has 0 fully saturated rings. The van der Waals surface area contributed by atoms with Crippen LogP contribution in [0, 0.1) is 13.8 Å². The zero-order valence-corrected chi connectivity index (χ0v) is 18.9. The standard InChI is InChI=1S/C29H32N/c1-6-22(7-2)24-13-14-27-25(18-24)15-16-30(5)29(27)28-19-26(17-20(3)21(28)4)23-11-9-8-10-12-23/h8-19,22H,6-7H2,1-5H3/q+1. The average molecular weight is 395 g/mol. The number of pyridine rings is 1. The van der Waals surface area contributed by atoms with Crippen LogP contribution in [0.25, 0.3) is 33.2 Å². The van der Waals surface area contributed by atoms with Gasteiger partial charge in [0, 0.05) is 6.07 Å². The predicted molar refractivity (Wildman–Crippen MR) is 129 cm³/mol. The molecule has 1 heterocycles. The van der Waals surface area contributed by atoms with E-state index in [4.69, 9.17) is 0 Å². The fourth-order valence-electron chi connectivity index (χ4n) is 4.64. The van der Waals surface area contributed by atoms with Gasteiger partial charge in [0.25, 0.3) is 0 Å². The summed E-state index contributed by atoms with van der Waals surface area (Å²) in [6.07, 6.45) is 4.58. The van der Waals surface area contributed by atoms with Crippen LogP contribution in [0.15, 0.2) is 72.9 Å². The van der Waals surface area contributed by atoms with E-state index in [0.717, 1.165) is 0 Å². The molecule has 4 aromatic rings. The van der Waals surface area contributed by atoms with Crippen molar-refractivity contribution in [3.05, 3.63) is 89.6 Å². The van der Waals surface area contributed by atoms with E-state index in [1.54, 1.807) is 0 Å². The second kappa shape index (κ2) is 8.44. The molecule has 4 rings (SSSR count). The van der Waals surface area contributed by atoms with Crippen molar-refractivity contribution < 1.29 is 4.57 Å². The van der Waals surface area contributed by atoms with Gasteiger partial charge in [-0.05, 0) is 77.9 Å². The number of aromatic nitrogens is 1. The highest BCUT2D eigenvalue weighted by Crippen LogP contribution is 2.35. The second-order valence-corrected chi connectivity index (χ2v) is 8.47. The van der Waals surface area contributed by atoms with Gasteiger partial charge in [-0.1, -0.05) is 62.4 Å². The summed E-state index contributed by atoms with van der Waals surface area (Å²) in [5.74, 6) is 0.636. The molecular formula is C29H32N+. The molecule has 30 heavy (non-hydrogen) atoms. The van der Waals surface area contributed by atoms with Crippen molar-refractivity contribution in [2.45, 2.75) is 46.5 Å². The molecule has 1 heteroatoms. The SMILES string of the molecule is CCC(CC)c1ccc2c(-c3cc(-c4ccccc4)cc(C)c3C)[n+](C)ccc2c1. The number of aryl methyl sites for hydroxylation is 2. The van der Waals surface area contributed by atoms with E-state index in [9.17, 15) is 0 Å². The summed E-state index contributed by atoms with van der Waals surface area (Å²) in [7, 11) is 2.16. The maximum Gasteiger partial charge on any atom is 0.220 e. The van der Waals surface area contributed by atoms with E-state index in [1.165, 1.54) is 62.7 Å². The van der Waals surface area contributed by atoms with Gasteiger partial charge >= 0.3 is 0 Å². The molecule has 3 aromatic carbocycles. The number of hydrogen-bond donors (Lipinski definition) is 0. The summed E-state index contributed by atoms with van der Waals surface area (Å²) in [6.45, 7) is 9.05. The van der Waals surface area contributed by atoms with Crippen LogP contribution in [0.2, 0.25) is 0 Å². The molecule has 1 nitrogen and oxygen atoms in total. The predicted octanol–water partition coefficient (Wildman–Crippen LogP) is 7.52. The van der Waals surface area contributed by atoms with Gasteiger partial charge in [-0.3, -0.25) is 0 Å². The van der Waals surface area contributed by atoms with Crippen LogP contribution < -0.4 is 4.57 Å². The average Bonchev–Trinajstić information content (AvgIpc) is 2.77. The number of fused-ring (bicyclic) bond motifs is 1. The van der Waals surface area contributed by atoms with Crippen molar-refractivity contribution >= 4 is 10.8 Å². The topological polar surface area (TPSA) is 3.88 Å². The third-order valence-corrected chi connectivity index (χ3v) is 6.65. The minimum atomic E-state index is 0.636. The third-order valence-electron chi connectivity index (χ3n) is 6.65. The zero-order valence-electron chi connectivity index (χ0n) is 18.9. The summed E-state index contributed by atoms with van der Waals surface area (Å²) >= 11 is 0. The van der Waals surface area contributed by atoms with Crippen LogP contribution in [0.4, 0.5) is 0 Å². The highest BCUT2D eigenvalue weighted by atomic mass is 14.9. The monoisotopic (exact) mass is 394 g/mol. The maximum absolute atomic E-state index is 2.40. The lowest BCUT2D eigenvalue weighted by Gasteiger charge is -2.16. The molecule has 0 atom stereocenters. The Morgan fingerprint density at radius 3 is 2.23 bits per heavy atom. The van der Waals surface area contributed by atoms with Crippen LogP contribution in [0.5, 0.6) is 0 Å². The van der Waals surface area contributed by atoms with Crippen LogP contribution in [-0.2, 0) is 7.05 Å². The molecule has 0 radical (unpaired) electrons. The number of rotatable bonds is 5. The van der Waals surface area contributed by atoms with Crippen molar-refractivity contribution in [3.63, 3.8) is 0 Å². The van der Waals surface area contributed by atoms with E-state index in [1.807, 2.05) is 0 Å². The Hall–Kier alpha value is -2.93. The summed E-state index contributed by atoms with van der Waals surface area (Å²) in [6, 6.07) is 24.7. The van der Waals surface area contributed by atoms with Crippen LogP contribution in [0.3, 0.4) is 0 Å². The Morgan fingerprint density at radius 1 is 0.800 bits per heavy atom. The summed E-state index contributed by atoms with van der Waals surface area (Å²) in [5.41, 5.74) is 9.29. The first kappa shape index (κ1) is 20.3. The minimum Gasteiger partial charge on any atom is -0.200 e. The maximum atomic E-state index is 2.40. The molecule has 0 saturated carbocycles. The smallest absolute Gasteiger partial charge is 0.200 e. The Labute approximate surface area is 181 Å². The summed E-state index contributed by atoms with van der Waals surface area (Å²) in [4.78, 5) is 0. The number of hydrogen-bond acceptors (Lipinski definition) is 0. The molecule has 0 amide bonds. The lowest BCUT2D eigenvalue weighted by Crippen LogP contribution is -2.30. The van der Waals surface area contributed by atoms with Crippen molar-refractivity contribution in [3.8, 4) is 22.4 Å². The van der Waals surface area contributed by atoms with E-state index < -0.39 is 0 Å². The molecule has 1 aromatic heterocycles. The fraction of sp³-hybridized carbons (Fsp3) is 0.276. The molecule has 0 aliphatic carbocycles. The first-order valence-electron chi connectivity index (χ1n) is 11.1. The van der Waals surface area contributed by atoms with Crippen LogP contribution in [0.1, 0.15) is 49.3 Å². The fourth-order valence-corrected chi connectivity index (χ4v) is 4.64. The van der Waals surface area contributed by atoms with E-state index in [-0.39, 0.29) is 0 Å². The van der Waals surface area contributed by atoms with Gasteiger partial charge in [-0.2, -0.15) is 0 Å². The van der Waals surface area contributed by atoms with Crippen molar-refractivity contribution in [1.82, 2.24) is 0 Å². The normalized spacial score (nSPS) is 11.4. The van der Waals surface area contributed by atoms with Gasteiger partial charge in [0.1, 0.15) is 7.05 Å². The summed E-state index contributed by atoms with van der Waals surface area (Å²) in [5, 5.41) is 2.65. The third kappa shape index (κ3) is 3.65. The Balaban J connectivity index is 1.95. The van der Waals surface area contributed by atoms with Gasteiger partial charge < -0.3 is 0 Å². The molecule has 0 unspecified atom stereocenters. The number of nitrogens with zero attached hydrogens (tertiary/aromatic N) is 1. The molecule has 0 bridgehead atoms. The summed E-state index contributed by atoms with van der Waals surface area (Å²) < 4.78 is 2.27. The molecule has 152 valence electrons. The van der Waals surface area contributed by atoms with Gasteiger partial charge in [-0.25, -0.2) is 4.57 Å². The minimum absolute atomic E-state index is 0.636. The van der Waals surface area contributed by atoms with E-state index in [2.05, 4.69) is 112 Å². The van der Waals surface area contributed by atoms with E-state index in [0.29, 0.717) is 5.92 Å². The molecule has 0 saturated heterocycles. The van der Waals surface area contributed by atoms with Gasteiger partial charge in [0.2, 0.25) is 5.69 Å². The van der Waals surface area contributed by atoms with Crippen molar-refractivity contribution in [1.29, 1.82) is 0 Å². The quantitative estimate of drug-likeness (QED) is 0.308. The first-order valence-corrected chi connectivity index (χ1v) is 11.1. The van der Waals surface area contributed by atoms with Gasteiger partial charge in [0.15, 0.2) is 6.20 Å². The molecular weight excluding hydrogens is 362 g/mol. The van der Waals surface area contributed by atoms with Crippen molar-refractivity contribution in [2.75, 3.05) is 0 Å². The highest BCUT2D eigenvalue weighted by Gasteiger charge is 2.20. The lowest BCUT2D eigenvalue weighted by atomic mass is 9.89. The van der Waals surface area contributed by atoms with Crippen molar-refractivity contribution in [2.24, 2.45) is 7.05 Å². The Bertz CT molecular complexity index is 1180. The molecule has 0 N–H and O–H groups in total. The van der Waals surface area contributed by atoms with Gasteiger partial charge in [0.05, 0.1) is 10.9 Å². The first-order chi connectivity index (χ1) is 14.5. The zero-order chi connectivity index (χ0) is 21.3.